The molecule has 0 aliphatic carbocycles. The largest absolute Gasteiger partial charge is 0.447 e. The molecule has 0 saturated carbocycles. The lowest BCUT2D eigenvalue weighted by molar-refractivity contribution is 0.163. The van der Waals surface area contributed by atoms with E-state index in [1.165, 1.54) is 0 Å². The highest BCUT2D eigenvalue weighted by Crippen LogP contribution is 2.25. The van der Waals surface area contributed by atoms with E-state index in [1.807, 2.05) is 30.3 Å². The van der Waals surface area contributed by atoms with Gasteiger partial charge in [0.1, 0.15) is 12.6 Å². The molecule has 0 unspecified atom stereocenters. The van der Waals surface area contributed by atoms with E-state index in [0.717, 1.165) is 10.5 Å². The number of carbonyl (C=O) groups is 2. The van der Waals surface area contributed by atoms with Gasteiger partial charge in [0, 0.05) is 0 Å². The van der Waals surface area contributed by atoms with E-state index in [0.29, 0.717) is 5.57 Å². The van der Waals surface area contributed by atoms with Crippen molar-refractivity contribution in [3.05, 3.63) is 42.5 Å². The Morgan fingerprint density at radius 1 is 1.41 bits per heavy atom. The van der Waals surface area contributed by atoms with Gasteiger partial charge in [0.25, 0.3) is 0 Å². The summed E-state index contributed by atoms with van der Waals surface area (Å²) in [5.74, 6) is -0.824. The molecule has 17 heavy (non-hydrogen) atoms. The average molecular weight is 227 g/mol. The van der Waals surface area contributed by atoms with E-state index in [-0.39, 0.29) is 6.61 Å². The Hall–Kier alpha value is -2.04. The zero-order valence-electron chi connectivity index (χ0n) is 9.13. The SMILES string of the molecule is [B]C(=O)N1C(=O)OC[C@@H]1C(=C)c1ccccc1. The van der Waals surface area contributed by atoms with Crippen molar-refractivity contribution in [2.24, 2.45) is 0 Å². The molecule has 1 aromatic carbocycles. The Balaban J connectivity index is 2.26. The van der Waals surface area contributed by atoms with Crippen molar-refractivity contribution >= 4 is 25.3 Å². The molecule has 0 aromatic heterocycles. The van der Waals surface area contributed by atoms with Crippen LogP contribution in [0, 0.1) is 0 Å². The molecular formula is C12H10BNO3. The molecule has 0 bridgehead atoms. The molecule has 1 heterocycles. The predicted octanol–water partition coefficient (Wildman–Crippen LogP) is 1.81. The van der Waals surface area contributed by atoms with E-state index in [1.54, 1.807) is 0 Å². The zero-order valence-corrected chi connectivity index (χ0v) is 9.13. The number of cyclic esters (lactones) is 1. The van der Waals surface area contributed by atoms with Crippen LogP contribution in [0.4, 0.5) is 9.59 Å². The molecule has 5 heteroatoms. The van der Waals surface area contributed by atoms with Crippen LogP contribution >= 0.6 is 0 Å². The second kappa shape index (κ2) is 4.45. The topological polar surface area (TPSA) is 46.6 Å². The van der Waals surface area contributed by atoms with Crippen molar-refractivity contribution in [3.8, 4) is 0 Å². The van der Waals surface area contributed by atoms with Crippen LogP contribution in [-0.4, -0.2) is 37.3 Å². The van der Waals surface area contributed by atoms with Crippen LogP contribution < -0.4 is 0 Å². The Morgan fingerprint density at radius 2 is 2.06 bits per heavy atom. The Labute approximate surface area is 100 Å². The number of hydrogen-bond donors (Lipinski definition) is 0. The van der Waals surface area contributed by atoms with Gasteiger partial charge in [-0.1, -0.05) is 36.9 Å². The molecular weight excluding hydrogens is 217 g/mol. The van der Waals surface area contributed by atoms with Crippen molar-refractivity contribution in [1.82, 2.24) is 4.90 Å². The quantitative estimate of drug-likeness (QED) is 0.723. The maximum Gasteiger partial charge on any atom is 0.416 e. The standard InChI is InChI=1S/C12H10BNO3/c1-8(9-5-3-2-4-6-9)10-7-17-12(16)14(10)11(13)15/h2-6,10H,1,7H2/t10-/m1/s1. The van der Waals surface area contributed by atoms with Gasteiger partial charge in [0.15, 0.2) is 5.81 Å². The maximum atomic E-state index is 11.3. The zero-order chi connectivity index (χ0) is 12.4. The number of nitrogens with zero attached hydrogens (tertiary/aromatic N) is 1. The lowest BCUT2D eigenvalue weighted by Crippen LogP contribution is -2.38. The van der Waals surface area contributed by atoms with Gasteiger partial charge in [-0.25, -0.2) is 9.69 Å². The van der Waals surface area contributed by atoms with Crippen molar-refractivity contribution in [2.75, 3.05) is 6.61 Å². The fourth-order valence-electron chi connectivity index (χ4n) is 1.77. The Morgan fingerprint density at radius 3 is 2.65 bits per heavy atom. The van der Waals surface area contributed by atoms with Gasteiger partial charge in [0.05, 0.1) is 0 Å². The fraction of sp³-hybridized carbons (Fsp3) is 0.167. The second-order valence-corrected chi connectivity index (χ2v) is 3.69. The summed E-state index contributed by atoms with van der Waals surface area (Å²) in [6, 6.07) is 8.76. The van der Waals surface area contributed by atoms with Crippen molar-refractivity contribution in [1.29, 1.82) is 0 Å². The van der Waals surface area contributed by atoms with E-state index < -0.39 is 17.9 Å². The molecule has 4 nitrogen and oxygen atoms in total. The van der Waals surface area contributed by atoms with E-state index in [2.05, 4.69) is 6.58 Å². The minimum Gasteiger partial charge on any atom is -0.447 e. The summed E-state index contributed by atoms with van der Waals surface area (Å²) in [5.41, 5.74) is 1.48. The Bertz CT molecular complexity index is 472. The molecule has 1 aliphatic rings. The summed E-state index contributed by atoms with van der Waals surface area (Å²) >= 11 is 0. The minimum absolute atomic E-state index is 0.0928. The third-order valence-electron chi connectivity index (χ3n) is 2.66. The number of benzene rings is 1. The van der Waals surface area contributed by atoms with Gasteiger partial charge >= 0.3 is 6.09 Å². The first-order chi connectivity index (χ1) is 8.11. The normalized spacial score (nSPS) is 18.9. The number of rotatable bonds is 2. The smallest absolute Gasteiger partial charge is 0.416 e. The van der Waals surface area contributed by atoms with Gasteiger partial charge in [-0.3, -0.25) is 4.79 Å². The summed E-state index contributed by atoms with van der Waals surface area (Å²) < 4.78 is 4.81. The summed E-state index contributed by atoms with van der Waals surface area (Å²) in [6.07, 6.45) is -0.723. The summed E-state index contributed by atoms with van der Waals surface area (Å²) in [5, 5.41) is 0. The van der Waals surface area contributed by atoms with Gasteiger partial charge in [0.2, 0.25) is 7.85 Å². The van der Waals surface area contributed by atoms with Crippen molar-refractivity contribution < 1.29 is 14.3 Å². The van der Waals surface area contributed by atoms with Crippen molar-refractivity contribution in [2.45, 2.75) is 6.04 Å². The van der Waals surface area contributed by atoms with Gasteiger partial charge in [-0.05, 0) is 11.1 Å². The first-order valence-electron chi connectivity index (χ1n) is 5.11. The third-order valence-corrected chi connectivity index (χ3v) is 2.66. The molecule has 0 N–H and O–H groups in total. The fourth-order valence-corrected chi connectivity index (χ4v) is 1.77. The van der Waals surface area contributed by atoms with Gasteiger partial charge < -0.3 is 4.74 Å². The molecule has 2 radical (unpaired) electrons. The monoisotopic (exact) mass is 227 g/mol. The highest BCUT2D eigenvalue weighted by Gasteiger charge is 2.37. The number of ether oxygens (including phenoxy) is 1. The molecule has 2 rings (SSSR count). The predicted molar refractivity (Wildman–Crippen MR) is 63.6 cm³/mol. The molecule has 1 fully saturated rings. The highest BCUT2D eigenvalue weighted by molar-refractivity contribution is 6.58. The molecule has 84 valence electrons. The van der Waals surface area contributed by atoms with Gasteiger partial charge in [-0.2, -0.15) is 0 Å². The number of hydrogen-bond acceptors (Lipinski definition) is 3. The van der Waals surface area contributed by atoms with Crippen LogP contribution in [0.5, 0.6) is 0 Å². The first-order valence-corrected chi connectivity index (χ1v) is 5.11. The van der Waals surface area contributed by atoms with Gasteiger partial charge in [-0.15, -0.1) is 0 Å². The number of carbonyl (C=O) groups excluding carboxylic acids is 2. The van der Waals surface area contributed by atoms with Crippen LogP contribution in [-0.2, 0) is 4.74 Å². The Kier molecular flexibility index (Phi) is 3.00. The summed E-state index contributed by atoms with van der Waals surface area (Å²) in [6.45, 7) is 3.99. The minimum atomic E-state index is -0.824. The first kappa shape index (κ1) is 11.5. The summed E-state index contributed by atoms with van der Waals surface area (Å²) in [4.78, 5) is 23.4. The van der Waals surface area contributed by atoms with Crippen LogP contribution in [0.25, 0.3) is 5.57 Å². The molecule has 1 aromatic rings. The van der Waals surface area contributed by atoms with Crippen LogP contribution in [0.1, 0.15) is 5.56 Å². The van der Waals surface area contributed by atoms with Crippen LogP contribution in [0.2, 0.25) is 0 Å². The van der Waals surface area contributed by atoms with E-state index in [4.69, 9.17) is 12.6 Å². The van der Waals surface area contributed by atoms with E-state index in [9.17, 15) is 9.59 Å². The maximum absolute atomic E-state index is 11.3. The lowest BCUT2D eigenvalue weighted by Gasteiger charge is -2.20. The summed E-state index contributed by atoms with van der Waals surface area (Å²) in [7, 11) is 5.14. The number of imide groups is 1. The molecule has 1 atom stereocenters. The lowest BCUT2D eigenvalue weighted by atomic mass is 9.98. The molecule has 1 aliphatic heterocycles. The second-order valence-electron chi connectivity index (χ2n) is 3.69. The van der Waals surface area contributed by atoms with Crippen LogP contribution in [0.3, 0.4) is 0 Å². The average Bonchev–Trinajstić information content (AvgIpc) is 2.71. The van der Waals surface area contributed by atoms with E-state index >= 15 is 0 Å². The molecule has 1 saturated heterocycles. The number of amides is 2. The highest BCUT2D eigenvalue weighted by atomic mass is 16.6. The molecule has 0 spiro atoms. The van der Waals surface area contributed by atoms with Crippen LogP contribution in [0.15, 0.2) is 36.9 Å². The third kappa shape index (κ3) is 2.09. The molecule has 2 amide bonds. The van der Waals surface area contributed by atoms with Crippen molar-refractivity contribution in [3.63, 3.8) is 0 Å².